The van der Waals surface area contributed by atoms with E-state index in [4.69, 9.17) is 11.5 Å². The van der Waals surface area contributed by atoms with Gasteiger partial charge in [0.1, 0.15) is 10.1 Å². The second kappa shape index (κ2) is 3.36. The summed E-state index contributed by atoms with van der Waals surface area (Å²) in [5.74, 6) is 0. The lowest BCUT2D eigenvalue weighted by molar-refractivity contribution is 0.464. The van der Waals surface area contributed by atoms with Crippen molar-refractivity contribution in [3.63, 3.8) is 0 Å². The fraction of sp³-hybridized carbons (Fsp3) is 0. The Bertz CT molecular complexity index is 657. The highest BCUT2D eigenvalue weighted by Gasteiger charge is 2.10. The summed E-state index contributed by atoms with van der Waals surface area (Å²) in [5.41, 5.74) is 12.1. The number of nitrogen functional groups attached to an aromatic ring is 2. The van der Waals surface area contributed by atoms with Gasteiger partial charge in [-0.15, -0.1) is 0 Å². The van der Waals surface area contributed by atoms with Crippen LogP contribution in [0.15, 0.2) is 35.2 Å². The molecule has 84 valence electrons. The summed E-state index contributed by atoms with van der Waals surface area (Å²) >= 11 is 0. The van der Waals surface area contributed by atoms with Crippen LogP contribution in [0.2, 0.25) is 0 Å². The van der Waals surface area contributed by atoms with Crippen molar-refractivity contribution in [1.29, 1.82) is 0 Å². The molecule has 0 aliphatic carbocycles. The van der Waals surface area contributed by atoms with Crippen molar-refractivity contribution in [2.45, 2.75) is 4.90 Å². The summed E-state index contributed by atoms with van der Waals surface area (Å²) in [6, 6.07) is 7.24. The number of rotatable bonds is 1. The molecule has 0 saturated carbocycles. The lowest BCUT2D eigenvalue weighted by Gasteiger charge is -2.13. The number of nitrogens with two attached hydrogens (primary N) is 2. The van der Waals surface area contributed by atoms with E-state index in [1.54, 1.807) is 12.1 Å². The van der Waals surface area contributed by atoms with Crippen LogP contribution in [0.5, 0.6) is 0 Å². The molecule has 2 rings (SSSR count). The zero-order valence-electron chi connectivity index (χ0n) is 8.17. The van der Waals surface area contributed by atoms with Crippen LogP contribution in [0.3, 0.4) is 0 Å². The molecule has 0 aliphatic rings. The first-order valence-electron chi connectivity index (χ1n) is 4.44. The largest absolute Gasteiger partial charge is 0.744 e. The number of fused-ring (bicyclic) bond motifs is 1. The number of benzene rings is 2. The Balaban J connectivity index is 3.02. The van der Waals surface area contributed by atoms with E-state index >= 15 is 0 Å². The fourth-order valence-electron chi connectivity index (χ4n) is 1.65. The average Bonchev–Trinajstić information content (AvgIpc) is 2.16. The highest BCUT2D eigenvalue weighted by Crippen LogP contribution is 2.31. The van der Waals surface area contributed by atoms with Crippen LogP contribution in [0.1, 0.15) is 0 Å². The quantitative estimate of drug-likeness (QED) is 0.565. The second-order valence-corrected chi connectivity index (χ2v) is 4.72. The molecule has 0 heterocycles. The Kier molecular flexibility index (Phi) is 2.25. The van der Waals surface area contributed by atoms with Crippen LogP contribution in [0, 0.1) is 0 Å². The summed E-state index contributed by atoms with van der Waals surface area (Å²) in [5, 5.41) is 0.662. The van der Waals surface area contributed by atoms with E-state index in [2.05, 4.69) is 0 Å². The average molecular weight is 237 g/mol. The fourth-order valence-corrected chi connectivity index (χ4v) is 2.33. The van der Waals surface area contributed by atoms with Gasteiger partial charge in [0, 0.05) is 22.1 Å². The molecule has 0 bridgehead atoms. The molecule has 0 spiro atoms. The molecule has 0 aliphatic heterocycles. The molecular weight excluding hydrogens is 228 g/mol. The van der Waals surface area contributed by atoms with E-state index in [1.165, 1.54) is 18.2 Å². The molecule has 0 unspecified atom stereocenters. The summed E-state index contributed by atoms with van der Waals surface area (Å²) in [7, 11) is -4.52. The molecule has 0 radical (unpaired) electrons. The van der Waals surface area contributed by atoms with Crippen molar-refractivity contribution in [2.75, 3.05) is 11.5 Å². The van der Waals surface area contributed by atoms with Crippen LogP contribution in [0.25, 0.3) is 10.8 Å². The van der Waals surface area contributed by atoms with Crippen LogP contribution in [-0.4, -0.2) is 13.0 Å². The predicted molar refractivity (Wildman–Crippen MR) is 60.7 cm³/mol. The summed E-state index contributed by atoms with van der Waals surface area (Å²) in [6.45, 7) is 0. The van der Waals surface area contributed by atoms with E-state index in [1.807, 2.05) is 0 Å². The van der Waals surface area contributed by atoms with Gasteiger partial charge < -0.3 is 16.0 Å². The number of anilines is 2. The second-order valence-electron chi connectivity index (χ2n) is 3.38. The van der Waals surface area contributed by atoms with Crippen molar-refractivity contribution in [3.05, 3.63) is 30.3 Å². The molecule has 0 aromatic heterocycles. The van der Waals surface area contributed by atoms with E-state index in [0.29, 0.717) is 16.8 Å². The maximum Gasteiger partial charge on any atom is 0.125 e. The van der Waals surface area contributed by atoms with Gasteiger partial charge in [0.15, 0.2) is 0 Å². The topological polar surface area (TPSA) is 109 Å². The van der Waals surface area contributed by atoms with Crippen molar-refractivity contribution in [1.82, 2.24) is 0 Å². The zero-order chi connectivity index (χ0) is 11.9. The normalized spacial score (nSPS) is 11.8. The predicted octanol–water partition coefficient (Wildman–Crippen LogP) is 0.908. The maximum absolute atomic E-state index is 11.0. The number of hydrogen-bond donors (Lipinski definition) is 2. The van der Waals surface area contributed by atoms with Crippen LogP contribution >= 0.6 is 0 Å². The van der Waals surface area contributed by atoms with Gasteiger partial charge in [-0.2, -0.15) is 0 Å². The first-order valence-corrected chi connectivity index (χ1v) is 5.84. The van der Waals surface area contributed by atoms with Crippen molar-refractivity contribution < 1.29 is 13.0 Å². The lowest BCUT2D eigenvalue weighted by Crippen LogP contribution is -2.02. The van der Waals surface area contributed by atoms with E-state index < -0.39 is 10.1 Å². The molecule has 2 aromatic rings. The van der Waals surface area contributed by atoms with E-state index in [-0.39, 0.29) is 10.3 Å². The first-order chi connectivity index (χ1) is 7.41. The molecule has 0 fully saturated rings. The summed E-state index contributed by atoms with van der Waals surface area (Å²) in [6.07, 6.45) is 0. The minimum Gasteiger partial charge on any atom is -0.744 e. The molecular formula is C10H9N2O3S-. The molecule has 0 amide bonds. The van der Waals surface area contributed by atoms with Crippen molar-refractivity contribution in [2.24, 2.45) is 0 Å². The van der Waals surface area contributed by atoms with Gasteiger partial charge in [0.25, 0.3) is 0 Å². The van der Waals surface area contributed by atoms with Crippen molar-refractivity contribution >= 4 is 32.3 Å². The minimum absolute atomic E-state index is 0.259. The lowest BCUT2D eigenvalue weighted by atomic mass is 10.1. The molecule has 0 atom stereocenters. The van der Waals surface area contributed by atoms with E-state index in [9.17, 15) is 13.0 Å². The zero-order valence-corrected chi connectivity index (χ0v) is 8.99. The summed E-state index contributed by atoms with van der Waals surface area (Å²) < 4.78 is 33.1. The Morgan fingerprint density at radius 1 is 1.00 bits per heavy atom. The van der Waals surface area contributed by atoms with Gasteiger partial charge in [0.05, 0.1) is 4.90 Å². The van der Waals surface area contributed by atoms with Gasteiger partial charge in [-0.1, -0.05) is 12.1 Å². The molecule has 0 saturated heterocycles. The third-order valence-corrected chi connectivity index (χ3v) is 3.23. The molecule has 2 aromatic carbocycles. The van der Waals surface area contributed by atoms with Gasteiger partial charge in [-0.05, 0) is 18.2 Å². The van der Waals surface area contributed by atoms with Gasteiger partial charge in [-0.25, -0.2) is 8.42 Å². The Morgan fingerprint density at radius 2 is 1.62 bits per heavy atom. The molecule has 6 heteroatoms. The highest BCUT2D eigenvalue weighted by molar-refractivity contribution is 7.86. The van der Waals surface area contributed by atoms with Gasteiger partial charge in [0.2, 0.25) is 0 Å². The Morgan fingerprint density at radius 3 is 2.25 bits per heavy atom. The summed E-state index contributed by atoms with van der Waals surface area (Å²) in [4.78, 5) is -0.302. The third kappa shape index (κ3) is 1.58. The van der Waals surface area contributed by atoms with E-state index in [0.717, 1.165) is 0 Å². The van der Waals surface area contributed by atoms with Crippen molar-refractivity contribution in [3.8, 4) is 0 Å². The monoisotopic (exact) mass is 237 g/mol. The SMILES string of the molecule is Nc1cccc2c(S(=O)(=O)[O-])ccc(N)c12. The molecule has 16 heavy (non-hydrogen) atoms. The molecule has 4 N–H and O–H groups in total. The van der Waals surface area contributed by atoms with Crippen LogP contribution in [-0.2, 0) is 10.1 Å². The standard InChI is InChI=1S/C10H10N2O3S/c11-7-3-1-2-6-9(16(13,14)15)5-4-8(12)10(6)7/h1-5H,11-12H2,(H,13,14,15)/p-1. The van der Waals surface area contributed by atoms with Crippen LogP contribution in [0.4, 0.5) is 11.4 Å². The Labute approximate surface area is 92.4 Å². The molecule has 5 nitrogen and oxygen atoms in total. The smallest absolute Gasteiger partial charge is 0.125 e. The van der Waals surface area contributed by atoms with Crippen LogP contribution < -0.4 is 11.5 Å². The minimum atomic E-state index is -4.52. The Hall–Kier alpha value is -1.79. The van der Waals surface area contributed by atoms with Gasteiger partial charge >= 0.3 is 0 Å². The maximum atomic E-state index is 11.0. The third-order valence-electron chi connectivity index (χ3n) is 2.33. The number of hydrogen-bond acceptors (Lipinski definition) is 5. The van der Waals surface area contributed by atoms with Gasteiger partial charge in [-0.3, -0.25) is 0 Å². The first kappa shape index (κ1) is 10.7. The highest BCUT2D eigenvalue weighted by atomic mass is 32.2.